The quantitative estimate of drug-likeness (QED) is 0.164. The zero-order valence-corrected chi connectivity index (χ0v) is 25.9. The van der Waals surface area contributed by atoms with Crippen molar-refractivity contribution in [2.75, 3.05) is 16.0 Å². The van der Waals surface area contributed by atoms with Crippen LogP contribution in [0.2, 0.25) is 0 Å². The highest BCUT2D eigenvalue weighted by Crippen LogP contribution is 2.35. The number of halogens is 3. The lowest BCUT2D eigenvalue weighted by atomic mass is 10.0. The molecule has 232 valence electrons. The zero-order valence-electron chi connectivity index (χ0n) is 25.1. The van der Waals surface area contributed by atoms with Crippen LogP contribution < -0.4 is 20.7 Å². The molecule has 0 saturated carbocycles. The molecule has 0 unspecified atom stereocenters. The van der Waals surface area contributed by atoms with Crippen molar-refractivity contribution in [3.8, 4) is 33.5 Å². The summed E-state index contributed by atoms with van der Waals surface area (Å²) in [6, 6.07) is 12.9. The van der Waals surface area contributed by atoms with Crippen LogP contribution in [0.4, 0.5) is 34.5 Å². The van der Waals surface area contributed by atoms with Crippen molar-refractivity contribution in [3.05, 3.63) is 90.0 Å². The number of urea groups is 1. The number of nitrogens with one attached hydrogen (secondary N) is 3. The van der Waals surface area contributed by atoms with Crippen molar-refractivity contribution in [1.82, 2.24) is 19.9 Å². The van der Waals surface area contributed by atoms with E-state index in [1.54, 1.807) is 35.6 Å². The SMILES string of the molecule is Cc1ccc(-c2ncc(C(F)(F)F)cc2NC(=O)Nc2cnc(Oc3ccc(-c4cnc(NC(C)(C)C)s4)cc3)nc2)cc1C. The Bertz CT molecular complexity index is 1820. The molecule has 2 amide bonds. The van der Waals surface area contributed by atoms with Crippen LogP contribution in [-0.2, 0) is 6.18 Å². The van der Waals surface area contributed by atoms with Gasteiger partial charge in [-0.3, -0.25) is 4.98 Å². The number of nitrogens with zero attached hydrogens (tertiary/aromatic N) is 4. The van der Waals surface area contributed by atoms with Crippen molar-refractivity contribution in [3.63, 3.8) is 0 Å². The third kappa shape index (κ3) is 8.12. The maximum atomic E-state index is 13.4. The monoisotopic (exact) mass is 633 g/mol. The van der Waals surface area contributed by atoms with E-state index in [0.29, 0.717) is 11.3 Å². The summed E-state index contributed by atoms with van der Waals surface area (Å²) in [7, 11) is 0. The third-order valence-corrected chi connectivity index (χ3v) is 7.43. The fourth-order valence-electron chi connectivity index (χ4n) is 4.13. The number of thiazole rings is 1. The fourth-order valence-corrected chi connectivity index (χ4v) is 5.16. The van der Waals surface area contributed by atoms with E-state index in [1.165, 1.54) is 12.4 Å². The Morgan fingerprint density at radius 1 is 0.800 bits per heavy atom. The molecule has 2 aromatic carbocycles. The summed E-state index contributed by atoms with van der Waals surface area (Å²) in [4.78, 5) is 30.5. The Labute approximate surface area is 262 Å². The first-order chi connectivity index (χ1) is 21.2. The van der Waals surface area contributed by atoms with Gasteiger partial charge in [0.1, 0.15) is 5.75 Å². The van der Waals surface area contributed by atoms with Crippen LogP contribution in [0, 0.1) is 13.8 Å². The van der Waals surface area contributed by atoms with E-state index in [0.717, 1.165) is 39.0 Å². The smallest absolute Gasteiger partial charge is 0.417 e. The summed E-state index contributed by atoms with van der Waals surface area (Å²) in [5, 5.41) is 9.20. The first-order valence-electron chi connectivity index (χ1n) is 13.8. The lowest BCUT2D eigenvalue weighted by Crippen LogP contribution is -2.25. The largest absolute Gasteiger partial charge is 0.424 e. The van der Waals surface area contributed by atoms with Crippen LogP contribution in [0.1, 0.15) is 37.5 Å². The van der Waals surface area contributed by atoms with Crippen molar-refractivity contribution in [2.45, 2.75) is 46.3 Å². The molecule has 0 radical (unpaired) electrons. The van der Waals surface area contributed by atoms with Crippen LogP contribution in [0.15, 0.2) is 73.3 Å². The predicted molar refractivity (Wildman–Crippen MR) is 170 cm³/mol. The van der Waals surface area contributed by atoms with Gasteiger partial charge >= 0.3 is 18.2 Å². The van der Waals surface area contributed by atoms with Crippen LogP contribution in [0.5, 0.6) is 11.8 Å². The molecular weight excluding hydrogens is 603 g/mol. The van der Waals surface area contributed by atoms with Gasteiger partial charge in [0, 0.05) is 23.5 Å². The molecule has 3 aromatic heterocycles. The molecule has 45 heavy (non-hydrogen) atoms. The minimum Gasteiger partial charge on any atom is -0.424 e. The Hall–Kier alpha value is -5.04. The van der Waals surface area contributed by atoms with Gasteiger partial charge in [-0.15, -0.1) is 0 Å². The average Bonchev–Trinajstić information content (AvgIpc) is 3.42. The van der Waals surface area contributed by atoms with Gasteiger partial charge in [0.25, 0.3) is 0 Å². The highest BCUT2D eigenvalue weighted by atomic mass is 32.1. The number of aryl methyl sites for hydroxylation is 2. The van der Waals surface area contributed by atoms with Crippen molar-refractivity contribution in [2.24, 2.45) is 0 Å². The minimum atomic E-state index is -4.64. The number of pyridine rings is 1. The molecule has 3 heterocycles. The van der Waals surface area contributed by atoms with Gasteiger partial charge in [-0.25, -0.2) is 19.7 Å². The summed E-state index contributed by atoms with van der Waals surface area (Å²) in [6.45, 7) is 10.0. The summed E-state index contributed by atoms with van der Waals surface area (Å²) in [5.41, 5.74) is 2.71. The second-order valence-corrected chi connectivity index (χ2v) is 12.3. The van der Waals surface area contributed by atoms with Gasteiger partial charge in [0.2, 0.25) is 0 Å². The van der Waals surface area contributed by atoms with Crippen LogP contribution in [-0.4, -0.2) is 31.5 Å². The number of hydrogen-bond donors (Lipinski definition) is 3. The second-order valence-electron chi connectivity index (χ2n) is 11.3. The third-order valence-electron chi connectivity index (χ3n) is 6.47. The molecule has 5 rings (SSSR count). The van der Waals surface area contributed by atoms with Crippen molar-refractivity contribution >= 4 is 33.9 Å². The van der Waals surface area contributed by atoms with E-state index in [1.807, 2.05) is 38.2 Å². The number of alkyl halides is 3. The number of hydrogen-bond acceptors (Lipinski definition) is 8. The number of ether oxygens (including phenoxy) is 1. The first kappa shape index (κ1) is 31.4. The van der Waals surface area contributed by atoms with Crippen LogP contribution >= 0.6 is 11.3 Å². The van der Waals surface area contributed by atoms with Gasteiger partial charge < -0.3 is 20.7 Å². The van der Waals surface area contributed by atoms with Gasteiger partial charge in [-0.2, -0.15) is 13.2 Å². The fraction of sp³-hybridized carbons (Fsp3) is 0.219. The zero-order chi connectivity index (χ0) is 32.4. The highest BCUT2D eigenvalue weighted by Gasteiger charge is 2.32. The van der Waals surface area contributed by atoms with E-state index in [9.17, 15) is 18.0 Å². The van der Waals surface area contributed by atoms with Gasteiger partial charge in [-0.1, -0.05) is 23.5 Å². The number of carbonyl (C=O) groups is 1. The van der Waals surface area contributed by atoms with E-state index >= 15 is 0 Å². The highest BCUT2D eigenvalue weighted by molar-refractivity contribution is 7.18. The van der Waals surface area contributed by atoms with Crippen LogP contribution in [0.3, 0.4) is 0 Å². The molecule has 0 bridgehead atoms. The maximum Gasteiger partial charge on any atom is 0.417 e. The molecule has 0 aliphatic carbocycles. The van der Waals surface area contributed by atoms with Crippen LogP contribution in [0.25, 0.3) is 21.7 Å². The Morgan fingerprint density at radius 2 is 1.49 bits per heavy atom. The summed E-state index contributed by atoms with van der Waals surface area (Å²) < 4.78 is 46.1. The Balaban J connectivity index is 1.24. The molecule has 3 N–H and O–H groups in total. The number of benzene rings is 2. The molecule has 0 aliphatic heterocycles. The number of anilines is 3. The summed E-state index contributed by atoms with van der Waals surface area (Å²) in [5.74, 6) is 0.505. The Morgan fingerprint density at radius 3 is 2.13 bits per heavy atom. The van der Waals surface area contributed by atoms with Gasteiger partial charge in [0.15, 0.2) is 5.13 Å². The van der Waals surface area contributed by atoms with E-state index in [2.05, 4.69) is 56.7 Å². The van der Waals surface area contributed by atoms with E-state index < -0.39 is 17.8 Å². The standard InChI is InChI=1S/C32H30F3N7O2S/c1-18-6-7-21(12-19(18)2)27-25(13-22(14-36-27)32(33,34)35)41-28(43)40-23-15-37-29(38-16-23)44-24-10-8-20(9-11-24)26-17-39-30(45-26)42-31(3,4)5/h6-17H,1-5H3,(H,39,42)(H2,40,41,43). The average molecular weight is 634 g/mol. The number of aromatic nitrogens is 4. The minimum absolute atomic E-state index is 0.0438. The first-order valence-corrected chi connectivity index (χ1v) is 14.6. The van der Waals surface area contributed by atoms with Crippen molar-refractivity contribution < 1.29 is 22.7 Å². The molecule has 13 heteroatoms. The Kier molecular flexibility index (Phi) is 8.73. The molecule has 0 aliphatic rings. The molecule has 5 aromatic rings. The predicted octanol–water partition coefficient (Wildman–Crippen LogP) is 8.94. The van der Waals surface area contributed by atoms with E-state index in [-0.39, 0.29) is 28.6 Å². The number of carbonyl (C=O) groups excluding carboxylic acids is 1. The van der Waals surface area contributed by atoms with Gasteiger partial charge in [0.05, 0.1) is 39.9 Å². The summed E-state index contributed by atoms with van der Waals surface area (Å²) in [6.07, 6.45) is 0.569. The lowest BCUT2D eigenvalue weighted by molar-refractivity contribution is -0.137. The van der Waals surface area contributed by atoms with E-state index in [4.69, 9.17) is 4.74 Å². The van der Waals surface area contributed by atoms with Gasteiger partial charge in [-0.05, 0) is 87.7 Å². The molecule has 9 nitrogen and oxygen atoms in total. The summed E-state index contributed by atoms with van der Waals surface area (Å²) >= 11 is 1.55. The molecule has 0 fully saturated rings. The molecule has 0 saturated heterocycles. The van der Waals surface area contributed by atoms with Crippen molar-refractivity contribution in [1.29, 1.82) is 0 Å². The number of rotatable bonds is 7. The number of amides is 2. The normalized spacial score (nSPS) is 11.6. The molecule has 0 atom stereocenters. The molecular formula is C32H30F3N7O2S. The maximum absolute atomic E-state index is 13.4. The topological polar surface area (TPSA) is 114 Å². The second kappa shape index (κ2) is 12.5. The lowest BCUT2D eigenvalue weighted by Gasteiger charge is -2.19. The molecule has 0 spiro atoms.